The van der Waals surface area contributed by atoms with Crippen LogP contribution in [0.4, 0.5) is 0 Å². The Balaban J connectivity index is 2.60. The van der Waals surface area contributed by atoms with E-state index in [1.807, 2.05) is 6.92 Å². The van der Waals surface area contributed by atoms with Gasteiger partial charge in [-0.1, -0.05) is 20.3 Å². The third kappa shape index (κ3) is 4.65. The van der Waals surface area contributed by atoms with Crippen LogP contribution < -0.4 is 5.32 Å². The van der Waals surface area contributed by atoms with E-state index >= 15 is 0 Å². The molecule has 0 aliphatic heterocycles. The van der Waals surface area contributed by atoms with E-state index in [2.05, 4.69) is 29.1 Å². The van der Waals surface area contributed by atoms with Gasteiger partial charge in [-0.25, -0.2) is 14.8 Å². The second kappa shape index (κ2) is 6.82. The molecule has 1 aromatic rings. The van der Waals surface area contributed by atoms with Crippen molar-refractivity contribution in [3.63, 3.8) is 0 Å². The summed E-state index contributed by atoms with van der Waals surface area (Å²) in [4.78, 5) is 29.9. The zero-order valence-corrected chi connectivity index (χ0v) is 11.4. The number of carbonyl (C=O) groups is 2. The second-order valence-electron chi connectivity index (χ2n) is 4.72. The Morgan fingerprint density at radius 2 is 1.84 bits per heavy atom. The van der Waals surface area contributed by atoms with Crippen LogP contribution in [0.3, 0.4) is 0 Å². The highest BCUT2D eigenvalue weighted by Crippen LogP contribution is 2.09. The monoisotopic (exact) mass is 265 g/mol. The quantitative estimate of drug-likeness (QED) is 0.817. The predicted molar refractivity (Wildman–Crippen MR) is 70.0 cm³/mol. The molecule has 0 aliphatic carbocycles. The molecule has 2 atom stereocenters. The highest BCUT2D eigenvalue weighted by atomic mass is 16.4. The number of aromatic nitrogens is 2. The highest BCUT2D eigenvalue weighted by molar-refractivity contribution is 5.92. The molecule has 0 aliphatic rings. The topological polar surface area (TPSA) is 92.2 Å². The van der Waals surface area contributed by atoms with Crippen LogP contribution >= 0.6 is 0 Å². The largest absolute Gasteiger partial charge is 0.476 e. The summed E-state index contributed by atoms with van der Waals surface area (Å²) in [7, 11) is 0. The van der Waals surface area contributed by atoms with Gasteiger partial charge in [0.05, 0.1) is 12.4 Å². The molecule has 0 saturated heterocycles. The molecule has 0 fully saturated rings. The summed E-state index contributed by atoms with van der Waals surface area (Å²) in [6.45, 7) is 6.17. The van der Waals surface area contributed by atoms with Crippen LogP contribution in [0.25, 0.3) is 0 Å². The third-order valence-electron chi connectivity index (χ3n) is 2.93. The first-order chi connectivity index (χ1) is 8.93. The molecule has 6 nitrogen and oxygen atoms in total. The lowest BCUT2D eigenvalue weighted by Crippen LogP contribution is -2.34. The van der Waals surface area contributed by atoms with Crippen molar-refractivity contribution in [2.24, 2.45) is 5.92 Å². The van der Waals surface area contributed by atoms with Crippen molar-refractivity contribution >= 4 is 11.9 Å². The fourth-order valence-corrected chi connectivity index (χ4v) is 1.68. The van der Waals surface area contributed by atoms with Gasteiger partial charge in [0.25, 0.3) is 5.91 Å². The molecule has 0 bridgehead atoms. The van der Waals surface area contributed by atoms with Gasteiger partial charge in [0.2, 0.25) is 0 Å². The molecule has 2 unspecified atom stereocenters. The van der Waals surface area contributed by atoms with Crippen LogP contribution in [-0.4, -0.2) is 33.0 Å². The SMILES string of the molecule is CCC(C)CC(C)NC(=O)c1cnc(C(=O)O)cn1. The number of carboxylic acid groups (broad SMARTS) is 1. The van der Waals surface area contributed by atoms with Gasteiger partial charge < -0.3 is 10.4 Å². The lowest BCUT2D eigenvalue weighted by atomic mass is 10.0. The van der Waals surface area contributed by atoms with Gasteiger partial charge in [-0.2, -0.15) is 0 Å². The number of carbonyl (C=O) groups excluding carboxylic acids is 1. The first-order valence-electron chi connectivity index (χ1n) is 6.30. The summed E-state index contributed by atoms with van der Waals surface area (Å²) in [5.41, 5.74) is -0.0507. The number of hydrogen-bond donors (Lipinski definition) is 2. The number of carboxylic acids is 1. The average molecular weight is 265 g/mol. The van der Waals surface area contributed by atoms with Crippen LogP contribution in [-0.2, 0) is 0 Å². The molecule has 2 N–H and O–H groups in total. The normalized spacial score (nSPS) is 13.6. The smallest absolute Gasteiger partial charge is 0.356 e. The highest BCUT2D eigenvalue weighted by Gasteiger charge is 2.14. The number of nitrogens with zero attached hydrogens (tertiary/aromatic N) is 2. The van der Waals surface area contributed by atoms with Crippen molar-refractivity contribution in [3.05, 3.63) is 23.8 Å². The van der Waals surface area contributed by atoms with Crippen LogP contribution in [0.2, 0.25) is 0 Å². The van der Waals surface area contributed by atoms with Crippen molar-refractivity contribution in [1.29, 1.82) is 0 Å². The second-order valence-corrected chi connectivity index (χ2v) is 4.72. The average Bonchev–Trinajstić information content (AvgIpc) is 2.38. The maximum atomic E-state index is 11.8. The number of aromatic carboxylic acids is 1. The minimum absolute atomic E-state index is 0.0448. The van der Waals surface area contributed by atoms with E-state index in [4.69, 9.17) is 5.11 Å². The van der Waals surface area contributed by atoms with Crippen LogP contribution in [0.5, 0.6) is 0 Å². The van der Waals surface area contributed by atoms with Crippen molar-refractivity contribution in [3.8, 4) is 0 Å². The summed E-state index contributed by atoms with van der Waals surface area (Å²) in [6.07, 6.45) is 4.21. The number of rotatable bonds is 6. The summed E-state index contributed by atoms with van der Waals surface area (Å²) in [5.74, 6) is -0.958. The maximum absolute atomic E-state index is 11.8. The molecule has 0 saturated carbocycles. The summed E-state index contributed by atoms with van der Waals surface area (Å²) in [6, 6.07) is 0.0448. The van der Waals surface area contributed by atoms with E-state index in [0.717, 1.165) is 19.0 Å². The van der Waals surface area contributed by atoms with Crippen molar-refractivity contribution in [2.75, 3.05) is 0 Å². The molecule has 6 heteroatoms. The minimum Gasteiger partial charge on any atom is -0.476 e. The van der Waals surface area contributed by atoms with Gasteiger partial charge in [0.1, 0.15) is 5.69 Å². The predicted octanol–water partition coefficient (Wildman–Crippen LogP) is 1.73. The van der Waals surface area contributed by atoms with Gasteiger partial charge in [-0.3, -0.25) is 4.79 Å². The molecule has 1 amide bonds. The molecule has 1 aromatic heterocycles. The van der Waals surface area contributed by atoms with E-state index in [1.54, 1.807) is 0 Å². The standard InChI is InChI=1S/C13H19N3O3/c1-4-8(2)5-9(3)16-12(17)10-6-15-11(7-14-10)13(18)19/h6-9H,4-5H2,1-3H3,(H,16,17)(H,18,19). The molecular formula is C13H19N3O3. The Hall–Kier alpha value is -1.98. The third-order valence-corrected chi connectivity index (χ3v) is 2.93. The lowest BCUT2D eigenvalue weighted by molar-refractivity contribution is 0.0688. The summed E-state index contributed by atoms with van der Waals surface area (Å²) < 4.78 is 0. The van der Waals surface area contributed by atoms with Crippen molar-refractivity contribution in [1.82, 2.24) is 15.3 Å². The van der Waals surface area contributed by atoms with Crippen LogP contribution in [0, 0.1) is 5.92 Å². The van der Waals surface area contributed by atoms with Gasteiger partial charge >= 0.3 is 5.97 Å². The van der Waals surface area contributed by atoms with Gasteiger partial charge in [0.15, 0.2) is 5.69 Å². The van der Waals surface area contributed by atoms with Crippen molar-refractivity contribution < 1.29 is 14.7 Å². The van der Waals surface area contributed by atoms with Crippen LogP contribution in [0.1, 0.15) is 54.6 Å². The Morgan fingerprint density at radius 1 is 1.26 bits per heavy atom. The van der Waals surface area contributed by atoms with Gasteiger partial charge in [-0.15, -0.1) is 0 Å². The Bertz CT molecular complexity index is 445. The van der Waals surface area contributed by atoms with Gasteiger partial charge in [0, 0.05) is 6.04 Å². The molecular weight excluding hydrogens is 246 g/mol. The Morgan fingerprint density at radius 3 is 2.32 bits per heavy atom. The zero-order chi connectivity index (χ0) is 14.4. The fraction of sp³-hybridized carbons (Fsp3) is 0.538. The molecule has 0 aromatic carbocycles. The van der Waals surface area contributed by atoms with E-state index < -0.39 is 5.97 Å². The lowest BCUT2D eigenvalue weighted by Gasteiger charge is -2.17. The van der Waals surface area contributed by atoms with Gasteiger partial charge in [-0.05, 0) is 19.3 Å². The minimum atomic E-state index is -1.16. The number of nitrogens with one attached hydrogen (secondary N) is 1. The zero-order valence-electron chi connectivity index (χ0n) is 11.4. The summed E-state index contributed by atoms with van der Waals surface area (Å²) in [5, 5.41) is 11.5. The Labute approximate surface area is 112 Å². The molecule has 19 heavy (non-hydrogen) atoms. The first kappa shape index (κ1) is 15.1. The maximum Gasteiger partial charge on any atom is 0.356 e. The molecule has 0 radical (unpaired) electrons. The number of amides is 1. The summed E-state index contributed by atoms with van der Waals surface area (Å²) >= 11 is 0. The van der Waals surface area contributed by atoms with E-state index in [-0.39, 0.29) is 23.3 Å². The van der Waals surface area contributed by atoms with E-state index in [1.165, 1.54) is 6.20 Å². The van der Waals surface area contributed by atoms with E-state index in [9.17, 15) is 9.59 Å². The molecule has 1 rings (SSSR count). The van der Waals surface area contributed by atoms with Crippen molar-refractivity contribution in [2.45, 2.75) is 39.7 Å². The Kier molecular flexibility index (Phi) is 5.41. The molecule has 104 valence electrons. The van der Waals surface area contributed by atoms with Crippen LogP contribution in [0.15, 0.2) is 12.4 Å². The fourth-order valence-electron chi connectivity index (χ4n) is 1.68. The number of hydrogen-bond acceptors (Lipinski definition) is 4. The molecule has 0 spiro atoms. The first-order valence-corrected chi connectivity index (χ1v) is 6.30. The van der Waals surface area contributed by atoms with E-state index in [0.29, 0.717) is 5.92 Å². The molecule has 1 heterocycles.